The van der Waals surface area contributed by atoms with Gasteiger partial charge in [0, 0.05) is 12.2 Å². The van der Waals surface area contributed by atoms with Crippen LogP contribution in [-0.4, -0.2) is 23.7 Å². The first-order chi connectivity index (χ1) is 13.1. The minimum absolute atomic E-state index is 0.101. The molecule has 1 rings (SSSR count). The summed E-state index contributed by atoms with van der Waals surface area (Å²) in [5, 5.41) is 8.44. The van der Waals surface area contributed by atoms with Crippen molar-refractivity contribution < 1.29 is 19.4 Å². The van der Waals surface area contributed by atoms with Gasteiger partial charge in [-0.2, -0.15) is 0 Å². The van der Waals surface area contributed by atoms with Crippen molar-refractivity contribution in [2.24, 2.45) is 5.41 Å². The van der Waals surface area contributed by atoms with Crippen molar-refractivity contribution in [2.45, 2.75) is 53.9 Å². The van der Waals surface area contributed by atoms with E-state index in [1.165, 1.54) is 30.4 Å². The summed E-state index contributed by atoms with van der Waals surface area (Å²) in [6.07, 6.45) is 17.5. The summed E-state index contributed by atoms with van der Waals surface area (Å²) in [6.45, 7) is 10.9. The topological polar surface area (TPSA) is 63.6 Å². The zero-order valence-corrected chi connectivity index (χ0v) is 17.6. The standard InChI is InChI=1S/C24H32O4/c1-18(11-12-21-20(3)10-7-16-24(21,4)5)8-6-9-19(2)15-17-28-23(27)14-13-22(25)26/h6,8-9,11-15H,7,10,16-17H2,1-5H3,(H,25,26)/b9-6-,12-11+,14-13+,18-8+,19-15+. The van der Waals surface area contributed by atoms with E-state index in [2.05, 4.69) is 39.8 Å². The Morgan fingerprint density at radius 1 is 1.11 bits per heavy atom. The molecule has 0 spiro atoms. The molecule has 0 aromatic heterocycles. The maximum absolute atomic E-state index is 11.3. The van der Waals surface area contributed by atoms with E-state index in [0.29, 0.717) is 0 Å². The molecule has 0 atom stereocenters. The first-order valence-electron chi connectivity index (χ1n) is 9.59. The van der Waals surface area contributed by atoms with Gasteiger partial charge in [0.05, 0.1) is 0 Å². The molecule has 1 aliphatic carbocycles. The van der Waals surface area contributed by atoms with Crippen molar-refractivity contribution >= 4 is 11.9 Å². The Morgan fingerprint density at radius 2 is 1.82 bits per heavy atom. The molecule has 0 amide bonds. The molecule has 4 nitrogen and oxygen atoms in total. The molecule has 0 aliphatic heterocycles. The molecule has 0 aromatic rings. The van der Waals surface area contributed by atoms with E-state index < -0.39 is 11.9 Å². The van der Waals surface area contributed by atoms with Gasteiger partial charge in [0.15, 0.2) is 0 Å². The summed E-state index contributed by atoms with van der Waals surface area (Å²) in [4.78, 5) is 21.6. The number of carboxylic acid groups (broad SMARTS) is 1. The first-order valence-corrected chi connectivity index (χ1v) is 9.59. The molecular weight excluding hydrogens is 352 g/mol. The molecule has 0 heterocycles. The first kappa shape index (κ1) is 23.4. The Morgan fingerprint density at radius 3 is 2.46 bits per heavy atom. The number of hydrogen-bond donors (Lipinski definition) is 1. The van der Waals surface area contributed by atoms with E-state index in [1.54, 1.807) is 6.08 Å². The molecule has 152 valence electrons. The maximum Gasteiger partial charge on any atom is 0.331 e. The van der Waals surface area contributed by atoms with Crippen LogP contribution in [0.3, 0.4) is 0 Å². The van der Waals surface area contributed by atoms with E-state index in [1.807, 2.05) is 25.2 Å². The zero-order chi connectivity index (χ0) is 21.2. The van der Waals surface area contributed by atoms with Gasteiger partial charge in [0.2, 0.25) is 0 Å². The summed E-state index contributed by atoms with van der Waals surface area (Å²) in [6, 6.07) is 0. The highest BCUT2D eigenvalue weighted by Crippen LogP contribution is 2.40. The van der Waals surface area contributed by atoms with Gasteiger partial charge in [-0.05, 0) is 57.1 Å². The minimum Gasteiger partial charge on any atom is -0.478 e. The Bertz CT molecular complexity index is 755. The van der Waals surface area contributed by atoms with Crippen molar-refractivity contribution in [3.63, 3.8) is 0 Å². The molecular formula is C24H32O4. The molecule has 0 aromatic carbocycles. The monoisotopic (exact) mass is 384 g/mol. The zero-order valence-electron chi connectivity index (χ0n) is 17.6. The molecule has 0 bridgehead atoms. The summed E-state index contributed by atoms with van der Waals surface area (Å²) in [5.41, 5.74) is 5.30. The molecule has 0 saturated carbocycles. The van der Waals surface area contributed by atoms with Gasteiger partial charge in [-0.25, -0.2) is 9.59 Å². The third-order valence-corrected chi connectivity index (χ3v) is 4.77. The Hall–Kier alpha value is -2.62. The van der Waals surface area contributed by atoms with Crippen LogP contribution in [0.5, 0.6) is 0 Å². The van der Waals surface area contributed by atoms with Gasteiger partial charge >= 0.3 is 11.9 Å². The second-order valence-electron chi connectivity index (χ2n) is 7.78. The fourth-order valence-electron chi connectivity index (χ4n) is 3.14. The fraction of sp³-hybridized carbons (Fsp3) is 0.417. The van der Waals surface area contributed by atoms with Crippen LogP contribution in [0.15, 0.2) is 70.9 Å². The number of carbonyl (C=O) groups excluding carboxylic acids is 1. The second-order valence-corrected chi connectivity index (χ2v) is 7.78. The van der Waals surface area contributed by atoms with Crippen molar-refractivity contribution in [2.75, 3.05) is 6.61 Å². The normalized spacial score (nSPS) is 18.5. The summed E-state index contributed by atoms with van der Waals surface area (Å²) in [5.74, 6) is -1.85. The highest BCUT2D eigenvalue weighted by Gasteiger charge is 2.26. The SMILES string of the molecule is CC1=C(/C=C/C(C)=C/C=C\C(C)=C\COC(=O)/C=C/C(=O)O)C(C)(C)CCC1. The van der Waals surface area contributed by atoms with Crippen LogP contribution in [0.25, 0.3) is 0 Å². The number of carboxylic acids is 1. The van der Waals surface area contributed by atoms with Gasteiger partial charge in [0.1, 0.15) is 6.61 Å². The van der Waals surface area contributed by atoms with Crippen LogP contribution in [0.4, 0.5) is 0 Å². The predicted molar refractivity (Wildman–Crippen MR) is 114 cm³/mol. The lowest BCUT2D eigenvalue weighted by Gasteiger charge is -2.32. The minimum atomic E-state index is -1.18. The second kappa shape index (κ2) is 11.3. The Kier molecular flexibility index (Phi) is 9.43. The lowest BCUT2D eigenvalue weighted by Crippen LogP contribution is -2.19. The lowest BCUT2D eigenvalue weighted by molar-refractivity contribution is -0.137. The van der Waals surface area contributed by atoms with Crippen LogP contribution in [0, 0.1) is 5.41 Å². The molecule has 1 N–H and O–H groups in total. The highest BCUT2D eigenvalue weighted by atomic mass is 16.5. The number of ether oxygens (including phenoxy) is 1. The number of carbonyl (C=O) groups is 2. The van der Waals surface area contributed by atoms with Crippen LogP contribution in [-0.2, 0) is 14.3 Å². The van der Waals surface area contributed by atoms with Crippen molar-refractivity contribution in [3.05, 3.63) is 70.9 Å². The quantitative estimate of drug-likeness (QED) is 0.331. The third kappa shape index (κ3) is 8.85. The van der Waals surface area contributed by atoms with E-state index >= 15 is 0 Å². The van der Waals surface area contributed by atoms with Crippen molar-refractivity contribution in [1.82, 2.24) is 0 Å². The molecule has 0 fully saturated rings. The van der Waals surface area contributed by atoms with Crippen LogP contribution < -0.4 is 0 Å². The number of rotatable bonds is 8. The number of esters is 1. The molecule has 1 aliphatic rings. The van der Waals surface area contributed by atoms with Gasteiger partial charge in [-0.3, -0.25) is 0 Å². The average Bonchev–Trinajstić information content (AvgIpc) is 2.59. The van der Waals surface area contributed by atoms with E-state index in [4.69, 9.17) is 9.84 Å². The van der Waals surface area contributed by atoms with E-state index in [-0.39, 0.29) is 12.0 Å². The molecule has 4 heteroatoms. The molecule has 28 heavy (non-hydrogen) atoms. The van der Waals surface area contributed by atoms with Gasteiger partial charge in [-0.1, -0.05) is 60.9 Å². The largest absolute Gasteiger partial charge is 0.478 e. The van der Waals surface area contributed by atoms with Crippen LogP contribution in [0.2, 0.25) is 0 Å². The smallest absolute Gasteiger partial charge is 0.331 e. The van der Waals surface area contributed by atoms with E-state index in [0.717, 1.165) is 23.3 Å². The van der Waals surface area contributed by atoms with Gasteiger partial charge < -0.3 is 9.84 Å². The highest BCUT2D eigenvalue weighted by molar-refractivity contribution is 5.90. The third-order valence-electron chi connectivity index (χ3n) is 4.77. The fourth-order valence-corrected chi connectivity index (χ4v) is 3.14. The number of aliphatic carboxylic acids is 1. The lowest BCUT2D eigenvalue weighted by atomic mass is 9.72. The molecule has 0 unspecified atom stereocenters. The van der Waals surface area contributed by atoms with Crippen molar-refractivity contribution in [1.29, 1.82) is 0 Å². The Labute approximate surface area is 168 Å². The maximum atomic E-state index is 11.3. The van der Waals surface area contributed by atoms with Crippen molar-refractivity contribution in [3.8, 4) is 0 Å². The molecule has 0 radical (unpaired) electrons. The summed E-state index contributed by atoms with van der Waals surface area (Å²) < 4.78 is 4.89. The summed E-state index contributed by atoms with van der Waals surface area (Å²) in [7, 11) is 0. The average molecular weight is 385 g/mol. The van der Waals surface area contributed by atoms with Crippen LogP contribution in [0.1, 0.15) is 53.9 Å². The Balaban J connectivity index is 2.58. The van der Waals surface area contributed by atoms with Gasteiger partial charge in [0.25, 0.3) is 0 Å². The molecule has 0 saturated heterocycles. The number of hydrogen-bond acceptors (Lipinski definition) is 3. The number of allylic oxidation sites excluding steroid dienone is 9. The predicted octanol–water partition coefficient (Wildman–Crippen LogP) is 5.70. The van der Waals surface area contributed by atoms with Gasteiger partial charge in [-0.15, -0.1) is 0 Å². The van der Waals surface area contributed by atoms with Crippen LogP contribution >= 0.6 is 0 Å². The summed E-state index contributed by atoms with van der Waals surface area (Å²) >= 11 is 0. The van der Waals surface area contributed by atoms with E-state index in [9.17, 15) is 9.59 Å².